The average molecular weight is 304 g/mol. The van der Waals surface area contributed by atoms with Gasteiger partial charge in [0.15, 0.2) is 0 Å². The average Bonchev–Trinajstić information content (AvgIpc) is 2.36. The van der Waals surface area contributed by atoms with E-state index in [-0.39, 0.29) is 6.04 Å². The first-order valence-corrected chi connectivity index (χ1v) is 8.14. The highest BCUT2D eigenvalue weighted by molar-refractivity contribution is 7.51. The van der Waals surface area contributed by atoms with Gasteiger partial charge in [-0.2, -0.15) is 0 Å². The molecule has 1 saturated carbocycles. The molecule has 0 saturated heterocycles. The molecular weight excluding hydrogens is 287 g/mol. The van der Waals surface area contributed by atoms with E-state index in [0.29, 0.717) is 12.8 Å². The summed E-state index contributed by atoms with van der Waals surface area (Å²) in [4.78, 5) is 42.7. The lowest BCUT2D eigenvalue weighted by atomic mass is 9.92. The maximum Gasteiger partial charge on any atom is 0.350 e. The molecule has 0 bridgehead atoms. The molecule has 20 heavy (non-hydrogen) atoms. The Balaban J connectivity index is 2.20. The second kappa shape index (κ2) is 6.05. The summed E-state index contributed by atoms with van der Waals surface area (Å²) in [5.74, 6) is 0. The predicted molar refractivity (Wildman–Crippen MR) is 70.6 cm³/mol. The van der Waals surface area contributed by atoms with Crippen LogP contribution in [-0.4, -0.2) is 31.8 Å². The molecule has 2 atom stereocenters. The molecule has 0 radical (unpaired) electrons. The van der Waals surface area contributed by atoms with Crippen molar-refractivity contribution in [3.05, 3.63) is 33.1 Å². The van der Waals surface area contributed by atoms with E-state index in [9.17, 15) is 14.2 Å². The van der Waals surface area contributed by atoms with Crippen LogP contribution in [-0.2, 0) is 9.30 Å². The molecule has 0 aliphatic heterocycles. The van der Waals surface area contributed by atoms with Crippen LogP contribution in [0.15, 0.2) is 21.9 Å². The maximum absolute atomic E-state index is 11.8. The molecule has 1 fully saturated rings. The van der Waals surface area contributed by atoms with Gasteiger partial charge in [-0.3, -0.25) is 18.9 Å². The van der Waals surface area contributed by atoms with Gasteiger partial charge < -0.3 is 14.5 Å². The molecule has 0 unspecified atom stereocenters. The SMILES string of the molecule is O=c1ccn([C@H]2CCCC[C@H]2OCP(=O)(O)O)c(=O)[nH]1. The number of nitrogens with one attached hydrogen (secondary N) is 1. The monoisotopic (exact) mass is 304 g/mol. The standard InChI is InChI=1S/C11H17N2O6P/c14-10-5-6-13(11(15)12-10)8-3-1-2-4-9(8)19-7-20(16,17)18/h5-6,8-9H,1-4,7H2,(H,12,14,15)(H2,16,17,18)/t8-,9+/m0/s1. The zero-order chi connectivity index (χ0) is 14.8. The molecule has 0 aromatic carbocycles. The van der Waals surface area contributed by atoms with Crippen molar-refractivity contribution in [2.75, 3.05) is 6.35 Å². The molecule has 1 heterocycles. The van der Waals surface area contributed by atoms with Crippen LogP contribution >= 0.6 is 7.60 Å². The van der Waals surface area contributed by atoms with Crippen LogP contribution in [0.4, 0.5) is 0 Å². The zero-order valence-electron chi connectivity index (χ0n) is 10.8. The first-order chi connectivity index (χ1) is 9.37. The van der Waals surface area contributed by atoms with Crippen molar-refractivity contribution in [1.29, 1.82) is 0 Å². The Kier molecular flexibility index (Phi) is 4.59. The third-order valence-corrected chi connectivity index (χ3v) is 3.82. The molecule has 1 aromatic heterocycles. The fourth-order valence-electron chi connectivity index (χ4n) is 2.47. The van der Waals surface area contributed by atoms with E-state index < -0.39 is 31.3 Å². The summed E-state index contributed by atoms with van der Waals surface area (Å²) in [6.45, 7) is 0. The van der Waals surface area contributed by atoms with Gasteiger partial charge in [0.1, 0.15) is 6.35 Å². The Morgan fingerprint density at radius 1 is 1.35 bits per heavy atom. The van der Waals surface area contributed by atoms with Gasteiger partial charge in [0, 0.05) is 12.3 Å². The van der Waals surface area contributed by atoms with Crippen molar-refractivity contribution in [2.24, 2.45) is 0 Å². The van der Waals surface area contributed by atoms with Crippen LogP contribution in [0.5, 0.6) is 0 Å². The second-order valence-electron chi connectivity index (χ2n) is 4.87. The summed E-state index contributed by atoms with van der Waals surface area (Å²) in [5, 5.41) is 0. The normalized spacial score (nSPS) is 23.7. The van der Waals surface area contributed by atoms with E-state index in [1.165, 1.54) is 16.8 Å². The third kappa shape index (κ3) is 3.89. The van der Waals surface area contributed by atoms with Crippen LogP contribution < -0.4 is 11.2 Å². The molecule has 8 nitrogen and oxygen atoms in total. The third-order valence-electron chi connectivity index (χ3n) is 3.33. The first kappa shape index (κ1) is 15.2. The van der Waals surface area contributed by atoms with Crippen LogP contribution in [0.3, 0.4) is 0 Å². The summed E-state index contributed by atoms with van der Waals surface area (Å²) >= 11 is 0. The summed E-state index contributed by atoms with van der Waals surface area (Å²) in [5.41, 5.74) is -1.01. The molecule has 9 heteroatoms. The van der Waals surface area contributed by atoms with Gasteiger partial charge >= 0.3 is 13.3 Å². The van der Waals surface area contributed by atoms with E-state index in [0.717, 1.165) is 12.8 Å². The van der Waals surface area contributed by atoms with Crippen LogP contribution in [0.2, 0.25) is 0 Å². The van der Waals surface area contributed by atoms with E-state index in [1.54, 1.807) is 0 Å². The van der Waals surface area contributed by atoms with Crippen molar-refractivity contribution in [1.82, 2.24) is 9.55 Å². The predicted octanol–water partition coefficient (Wildman–Crippen LogP) is 0.172. The van der Waals surface area contributed by atoms with Crippen LogP contribution in [0.1, 0.15) is 31.7 Å². The van der Waals surface area contributed by atoms with Crippen LogP contribution in [0.25, 0.3) is 0 Å². The lowest BCUT2D eigenvalue weighted by Gasteiger charge is -2.32. The number of hydrogen-bond acceptors (Lipinski definition) is 4. The van der Waals surface area contributed by atoms with Gasteiger partial charge in [0.2, 0.25) is 0 Å². The lowest BCUT2D eigenvalue weighted by Crippen LogP contribution is -2.39. The van der Waals surface area contributed by atoms with E-state index in [2.05, 4.69) is 4.98 Å². The minimum absolute atomic E-state index is 0.320. The summed E-state index contributed by atoms with van der Waals surface area (Å²) < 4.78 is 17.5. The molecule has 1 aliphatic carbocycles. The maximum atomic E-state index is 11.8. The van der Waals surface area contributed by atoms with Gasteiger partial charge in [-0.1, -0.05) is 12.8 Å². The fraction of sp³-hybridized carbons (Fsp3) is 0.636. The largest absolute Gasteiger partial charge is 0.363 e. The Hall–Kier alpha value is -1.21. The Morgan fingerprint density at radius 3 is 2.70 bits per heavy atom. The van der Waals surface area contributed by atoms with E-state index >= 15 is 0 Å². The highest BCUT2D eigenvalue weighted by atomic mass is 31.2. The van der Waals surface area contributed by atoms with Gasteiger partial charge in [0.25, 0.3) is 5.56 Å². The summed E-state index contributed by atoms with van der Waals surface area (Å²) in [6, 6.07) is 0.926. The minimum Gasteiger partial charge on any atom is -0.363 e. The van der Waals surface area contributed by atoms with Crippen molar-refractivity contribution in [2.45, 2.75) is 37.8 Å². The highest BCUT2D eigenvalue weighted by Crippen LogP contribution is 2.37. The number of ether oxygens (including phenoxy) is 1. The lowest BCUT2D eigenvalue weighted by molar-refractivity contribution is 0.00947. The van der Waals surface area contributed by atoms with Gasteiger partial charge in [0.05, 0.1) is 12.1 Å². The Morgan fingerprint density at radius 2 is 2.05 bits per heavy atom. The molecule has 0 amide bonds. The molecule has 0 spiro atoms. The Bertz CT molecular complexity index is 618. The zero-order valence-corrected chi connectivity index (χ0v) is 11.7. The number of aromatic nitrogens is 2. The smallest absolute Gasteiger partial charge is 0.350 e. The number of rotatable bonds is 4. The molecule has 3 N–H and O–H groups in total. The van der Waals surface area contributed by atoms with Crippen molar-refractivity contribution in [3.8, 4) is 0 Å². The molecule has 1 aromatic rings. The minimum atomic E-state index is -4.24. The highest BCUT2D eigenvalue weighted by Gasteiger charge is 2.30. The van der Waals surface area contributed by atoms with Crippen molar-refractivity contribution in [3.63, 3.8) is 0 Å². The second-order valence-corrected chi connectivity index (χ2v) is 6.46. The summed E-state index contributed by atoms with van der Waals surface area (Å²) in [6.07, 6.45) is 3.34. The molecule has 2 rings (SSSR count). The number of H-pyrrole nitrogens is 1. The quantitative estimate of drug-likeness (QED) is 0.682. The molecule has 112 valence electrons. The van der Waals surface area contributed by atoms with Gasteiger partial charge in [-0.15, -0.1) is 0 Å². The topological polar surface area (TPSA) is 122 Å². The summed E-state index contributed by atoms with van der Waals surface area (Å²) in [7, 11) is -4.24. The first-order valence-electron chi connectivity index (χ1n) is 6.34. The number of hydrogen-bond donors (Lipinski definition) is 3. The number of aromatic amines is 1. The van der Waals surface area contributed by atoms with Gasteiger partial charge in [-0.25, -0.2) is 4.79 Å². The van der Waals surface area contributed by atoms with Crippen LogP contribution in [0, 0.1) is 0 Å². The van der Waals surface area contributed by atoms with E-state index in [1.807, 2.05) is 0 Å². The fourth-order valence-corrected chi connectivity index (χ4v) is 2.86. The molecule has 1 aliphatic rings. The van der Waals surface area contributed by atoms with Crippen molar-refractivity contribution >= 4 is 7.60 Å². The Labute approximate surface area is 114 Å². The molecular formula is C11H17N2O6P. The van der Waals surface area contributed by atoms with E-state index in [4.69, 9.17) is 14.5 Å². The van der Waals surface area contributed by atoms with Gasteiger partial charge in [-0.05, 0) is 12.8 Å². The van der Waals surface area contributed by atoms with Crippen molar-refractivity contribution < 1.29 is 19.1 Å². The number of nitrogens with zero attached hydrogens (tertiary/aromatic N) is 1.